The number of nitrogens with one attached hydrogen (secondary N) is 4. The minimum Gasteiger partial charge on any atom is -0.480 e. The number of nitrogens with two attached hydrogens (primary N) is 1. The molecular weight excluding hydrogens is 518 g/mol. The summed E-state index contributed by atoms with van der Waals surface area (Å²) in [6, 6.07) is 3.96. The standard InChI is InChI=1S/C28H43N5O5S/c1-16(2)12-23(32-25(34)20(29)14-18-15-30-21-9-7-6-8-19(18)21)27(36)31-22(10-11-39-5)26(35)33-24(28(37)38)13-17(3)4/h6-9,15-17,20,22-24,30H,10-14,29H2,1-5H3,(H,31,36)(H,32,34)(H,33,35)(H,37,38). The van der Waals surface area contributed by atoms with Crippen molar-refractivity contribution in [1.82, 2.24) is 20.9 Å². The van der Waals surface area contributed by atoms with Crippen LogP contribution in [0, 0.1) is 11.8 Å². The quantitative estimate of drug-likeness (QED) is 0.183. The first kappa shape index (κ1) is 32.2. The van der Waals surface area contributed by atoms with Crippen molar-refractivity contribution >= 4 is 46.4 Å². The molecule has 1 heterocycles. The van der Waals surface area contributed by atoms with Gasteiger partial charge in [0.15, 0.2) is 0 Å². The van der Waals surface area contributed by atoms with Crippen LogP contribution >= 0.6 is 11.8 Å². The number of benzene rings is 1. The first-order valence-corrected chi connectivity index (χ1v) is 14.8. The van der Waals surface area contributed by atoms with Crippen LogP contribution in [0.5, 0.6) is 0 Å². The maximum absolute atomic E-state index is 13.3. The van der Waals surface area contributed by atoms with Gasteiger partial charge in [-0.15, -0.1) is 0 Å². The highest BCUT2D eigenvalue weighted by Crippen LogP contribution is 2.19. The Labute approximate surface area is 234 Å². The number of aromatic nitrogens is 1. The van der Waals surface area contributed by atoms with Crippen LogP contribution in [-0.4, -0.2) is 70.0 Å². The summed E-state index contributed by atoms with van der Waals surface area (Å²) in [7, 11) is 0. The van der Waals surface area contributed by atoms with Crippen LogP contribution < -0.4 is 21.7 Å². The zero-order chi connectivity index (χ0) is 29.1. The van der Waals surface area contributed by atoms with Crippen LogP contribution in [0.25, 0.3) is 10.9 Å². The van der Waals surface area contributed by atoms with Gasteiger partial charge in [-0.3, -0.25) is 14.4 Å². The number of aromatic amines is 1. The van der Waals surface area contributed by atoms with E-state index in [2.05, 4.69) is 20.9 Å². The van der Waals surface area contributed by atoms with E-state index in [0.717, 1.165) is 16.5 Å². The number of para-hydroxylation sites is 1. The number of carbonyl (C=O) groups excluding carboxylic acids is 3. The summed E-state index contributed by atoms with van der Waals surface area (Å²) >= 11 is 1.51. The summed E-state index contributed by atoms with van der Waals surface area (Å²) in [5.41, 5.74) is 8.09. The SMILES string of the molecule is CSCCC(NC(=O)C(CC(C)C)NC(=O)C(N)Cc1c[nH]c2ccccc12)C(=O)NC(CC(C)C)C(=O)O. The largest absolute Gasteiger partial charge is 0.480 e. The van der Waals surface area contributed by atoms with Crippen molar-refractivity contribution in [3.05, 3.63) is 36.0 Å². The van der Waals surface area contributed by atoms with Gasteiger partial charge in [0, 0.05) is 17.1 Å². The molecule has 216 valence electrons. The highest BCUT2D eigenvalue weighted by atomic mass is 32.2. The van der Waals surface area contributed by atoms with Crippen LogP contribution in [0.1, 0.15) is 52.5 Å². The molecule has 0 aliphatic carbocycles. The minimum absolute atomic E-state index is 0.0599. The molecular formula is C28H43N5O5S. The Morgan fingerprint density at radius 1 is 0.897 bits per heavy atom. The number of hydrogen-bond donors (Lipinski definition) is 6. The maximum Gasteiger partial charge on any atom is 0.326 e. The molecule has 0 aliphatic rings. The number of thioether (sulfide) groups is 1. The fraction of sp³-hybridized carbons (Fsp3) is 0.571. The lowest BCUT2D eigenvalue weighted by Crippen LogP contribution is -2.57. The Morgan fingerprint density at radius 2 is 1.46 bits per heavy atom. The molecule has 0 saturated carbocycles. The Morgan fingerprint density at radius 3 is 2.08 bits per heavy atom. The van der Waals surface area contributed by atoms with Gasteiger partial charge in [0.05, 0.1) is 6.04 Å². The highest BCUT2D eigenvalue weighted by Gasteiger charge is 2.31. The summed E-state index contributed by atoms with van der Waals surface area (Å²) in [4.78, 5) is 54.2. The first-order valence-electron chi connectivity index (χ1n) is 13.4. The second kappa shape index (κ2) is 15.5. The normalized spacial score (nSPS) is 14.6. The molecule has 0 spiro atoms. The lowest BCUT2D eigenvalue weighted by Gasteiger charge is -2.26. The van der Waals surface area contributed by atoms with Crippen LogP contribution in [0.2, 0.25) is 0 Å². The molecule has 0 saturated heterocycles. The molecule has 4 atom stereocenters. The van der Waals surface area contributed by atoms with Gasteiger partial charge in [0.2, 0.25) is 17.7 Å². The molecule has 3 amide bonds. The predicted octanol–water partition coefficient (Wildman–Crippen LogP) is 2.42. The molecule has 0 fully saturated rings. The number of carboxylic acid groups (broad SMARTS) is 1. The Bertz CT molecular complexity index is 1120. The van der Waals surface area contributed by atoms with E-state index in [4.69, 9.17) is 5.73 Å². The first-order chi connectivity index (χ1) is 18.4. The van der Waals surface area contributed by atoms with Crippen LogP contribution in [0.3, 0.4) is 0 Å². The predicted molar refractivity (Wildman–Crippen MR) is 155 cm³/mol. The molecule has 2 rings (SSSR count). The molecule has 2 aromatic rings. The van der Waals surface area contributed by atoms with Crippen molar-refractivity contribution in [2.45, 2.75) is 77.5 Å². The fourth-order valence-corrected chi connectivity index (χ4v) is 4.83. The molecule has 11 heteroatoms. The molecule has 4 unspecified atom stereocenters. The van der Waals surface area contributed by atoms with E-state index in [1.165, 1.54) is 11.8 Å². The molecule has 39 heavy (non-hydrogen) atoms. The molecule has 0 radical (unpaired) electrons. The molecule has 7 N–H and O–H groups in total. The minimum atomic E-state index is -1.12. The van der Waals surface area contributed by atoms with E-state index in [-0.39, 0.29) is 24.7 Å². The number of amides is 3. The van der Waals surface area contributed by atoms with Gasteiger partial charge in [0.1, 0.15) is 18.1 Å². The van der Waals surface area contributed by atoms with Crippen molar-refractivity contribution in [2.75, 3.05) is 12.0 Å². The number of carbonyl (C=O) groups is 4. The average molecular weight is 562 g/mol. The number of aliphatic carboxylic acids is 1. The summed E-state index contributed by atoms with van der Waals surface area (Å²) in [6.07, 6.45) is 4.93. The van der Waals surface area contributed by atoms with E-state index < -0.39 is 47.9 Å². The highest BCUT2D eigenvalue weighted by molar-refractivity contribution is 7.98. The van der Waals surface area contributed by atoms with E-state index >= 15 is 0 Å². The van der Waals surface area contributed by atoms with Crippen LogP contribution in [0.15, 0.2) is 30.5 Å². The topological polar surface area (TPSA) is 166 Å². The third-order valence-corrected chi connectivity index (χ3v) is 7.00. The van der Waals surface area contributed by atoms with Gasteiger partial charge in [-0.05, 0) is 61.2 Å². The number of carboxylic acids is 1. The van der Waals surface area contributed by atoms with Crippen molar-refractivity contribution in [2.24, 2.45) is 17.6 Å². The van der Waals surface area contributed by atoms with E-state index in [0.29, 0.717) is 18.6 Å². The molecule has 1 aromatic heterocycles. The summed E-state index contributed by atoms with van der Waals surface area (Å²) in [6.45, 7) is 7.61. The lowest BCUT2D eigenvalue weighted by molar-refractivity contribution is -0.142. The Balaban J connectivity index is 2.12. The molecule has 1 aromatic carbocycles. The van der Waals surface area contributed by atoms with E-state index in [9.17, 15) is 24.3 Å². The van der Waals surface area contributed by atoms with Crippen molar-refractivity contribution in [1.29, 1.82) is 0 Å². The zero-order valence-electron chi connectivity index (χ0n) is 23.5. The zero-order valence-corrected chi connectivity index (χ0v) is 24.3. The van der Waals surface area contributed by atoms with E-state index in [1.807, 2.05) is 64.4 Å². The van der Waals surface area contributed by atoms with Crippen molar-refractivity contribution < 1.29 is 24.3 Å². The molecule has 10 nitrogen and oxygen atoms in total. The second-order valence-electron chi connectivity index (χ2n) is 10.7. The van der Waals surface area contributed by atoms with Crippen LogP contribution in [0.4, 0.5) is 0 Å². The van der Waals surface area contributed by atoms with Gasteiger partial charge in [-0.1, -0.05) is 45.9 Å². The Hall–Kier alpha value is -3.05. The van der Waals surface area contributed by atoms with Gasteiger partial charge >= 0.3 is 5.97 Å². The Kier molecular flexibility index (Phi) is 12.8. The van der Waals surface area contributed by atoms with Gasteiger partial charge in [-0.25, -0.2) is 4.79 Å². The summed E-state index contributed by atoms with van der Waals surface area (Å²) < 4.78 is 0. The number of rotatable bonds is 16. The number of H-pyrrole nitrogens is 1. The monoisotopic (exact) mass is 561 g/mol. The fourth-order valence-electron chi connectivity index (χ4n) is 4.35. The maximum atomic E-state index is 13.3. The summed E-state index contributed by atoms with van der Waals surface area (Å²) in [5.74, 6) is -1.94. The van der Waals surface area contributed by atoms with Gasteiger partial charge in [0.25, 0.3) is 0 Å². The second-order valence-corrected chi connectivity index (χ2v) is 11.7. The van der Waals surface area contributed by atoms with Crippen molar-refractivity contribution in [3.8, 4) is 0 Å². The number of fused-ring (bicyclic) bond motifs is 1. The van der Waals surface area contributed by atoms with Crippen LogP contribution in [-0.2, 0) is 25.6 Å². The van der Waals surface area contributed by atoms with Gasteiger partial charge in [-0.2, -0.15) is 11.8 Å². The molecule has 0 bridgehead atoms. The third kappa shape index (κ3) is 10.2. The van der Waals surface area contributed by atoms with Gasteiger partial charge < -0.3 is 31.8 Å². The lowest BCUT2D eigenvalue weighted by atomic mass is 10.0. The number of hydrogen-bond acceptors (Lipinski definition) is 6. The van der Waals surface area contributed by atoms with Crippen molar-refractivity contribution in [3.63, 3.8) is 0 Å². The molecule has 0 aliphatic heterocycles. The smallest absolute Gasteiger partial charge is 0.326 e. The third-order valence-electron chi connectivity index (χ3n) is 6.36. The van der Waals surface area contributed by atoms with E-state index in [1.54, 1.807) is 0 Å². The average Bonchev–Trinajstić information content (AvgIpc) is 3.27. The summed E-state index contributed by atoms with van der Waals surface area (Å²) in [5, 5.41) is 18.6.